The van der Waals surface area contributed by atoms with E-state index in [2.05, 4.69) is 42.2 Å². The van der Waals surface area contributed by atoms with Gasteiger partial charge in [0.15, 0.2) is 0 Å². The Morgan fingerprint density at radius 3 is 2.57 bits per heavy atom. The van der Waals surface area contributed by atoms with Crippen molar-refractivity contribution >= 4 is 22.6 Å². The van der Waals surface area contributed by atoms with Gasteiger partial charge in [-0.1, -0.05) is 61.3 Å². The van der Waals surface area contributed by atoms with Gasteiger partial charge in [0.25, 0.3) is 0 Å². The van der Waals surface area contributed by atoms with E-state index in [4.69, 9.17) is 0 Å². The summed E-state index contributed by atoms with van der Waals surface area (Å²) in [6, 6.07) is 0. The summed E-state index contributed by atoms with van der Waals surface area (Å²) >= 11 is 2.46. The van der Waals surface area contributed by atoms with Crippen molar-refractivity contribution in [2.45, 2.75) is 43.0 Å². The number of aliphatic hydroxyl groups is 1. The number of allylic oxidation sites excluding steroid dienone is 1. The van der Waals surface area contributed by atoms with Crippen LogP contribution in [0.3, 0.4) is 0 Å². The highest BCUT2D eigenvalue weighted by Gasteiger charge is 2.59. The van der Waals surface area contributed by atoms with Gasteiger partial charge >= 0.3 is 0 Å². The minimum atomic E-state index is 0.267. The predicted octanol–water partition coefficient (Wildman–Crippen LogP) is 3.55. The van der Waals surface area contributed by atoms with Gasteiger partial charge in [-0.2, -0.15) is 0 Å². The van der Waals surface area contributed by atoms with Gasteiger partial charge in [-0.05, 0) is 6.42 Å². The fourth-order valence-electron chi connectivity index (χ4n) is 2.30. The first kappa shape index (κ1) is 12.5. The zero-order valence-electron chi connectivity index (χ0n) is 9.01. The summed E-state index contributed by atoms with van der Waals surface area (Å²) in [5, 5.41) is 9.19. The van der Waals surface area contributed by atoms with Crippen molar-refractivity contribution in [3.05, 3.63) is 12.7 Å². The second kappa shape index (κ2) is 5.50. The van der Waals surface area contributed by atoms with E-state index in [1.54, 1.807) is 0 Å². The van der Waals surface area contributed by atoms with E-state index in [1.165, 1.54) is 32.1 Å². The molecule has 0 aliphatic heterocycles. The molecule has 0 amide bonds. The molecule has 1 saturated carbocycles. The summed E-state index contributed by atoms with van der Waals surface area (Å²) in [7, 11) is 0. The predicted molar refractivity (Wildman–Crippen MR) is 69.8 cm³/mol. The van der Waals surface area contributed by atoms with Gasteiger partial charge in [-0.3, -0.25) is 0 Å². The fraction of sp³-hybridized carbons (Fsp3) is 0.833. The van der Waals surface area contributed by atoms with E-state index < -0.39 is 0 Å². The minimum absolute atomic E-state index is 0.267. The summed E-state index contributed by atoms with van der Waals surface area (Å²) < 4.78 is 0.615. The van der Waals surface area contributed by atoms with Crippen LogP contribution < -0.4 is 0 Å². The highest BCUT2D eigenvalue weighted by Crippen LogP contribution is 2.61. The van der Waals surface area contributed by atoms with E-state index >= 15 is 0 Å². The van der Waals surface area contributed by atoms with Gasteiger partial charge in [-0.15, -0.1) is 6.58 Å². The zero-order valence-corrected chi connectivity index (χ0v) is 11.2. The Balaban J connectivity index is 2.30. The SMILES string of the molecule is C=C[C@]1(CCCCCC)[C@H](CO)[C@@H]1I. The molecule has 82 valence electrons. The lowest BCUT2D eigenvalue weighted by Gasteiger charge is -2.11. The molecule has 0 aromatic carbocycles. The fourth-order valence-corrected chi connectivity index (χ4v) is 4.01. The summed E-state index contributed by atoms with van der Waals surface area (Å²) in [5.74, 6) is 0.474. The standard InChI is InChI=1S/C12H21IO/c1-3-5-6-7-8-12(4-2)10(9-14)11(12)13/h4,10-11,14H,2-3,5-9H2,1H3/t10-,11+,12+/m1/s1. The summed E-state index contributed by atoms with van der Waals surface area (Å²) in [4.78, 5) is 0. The number of alkyl halides is 1. The molecule has 1 fully saturated rings. The maximum absolute atomic E-state index is 9.19. The molecule has 0 bridgehead atoms. The average Bonchev–Trinajstić information content (AvgIpc) is 2.78. The van der Waals surface area contributed by atoms with Crippen molar-refractivity contribution in [2.24, 2.45) is 11.3 Å². The molecule has 0 radical (unpaired) electrons. The second-order valence-corrected chi connectivity index (χ2v) is 5.66. The van der Waals surface area contributed by atoms with Gasteiger partial charge in [0, 0.05) is 21.9 Å². The highest BCUT2D eigenvalue weighted by atomic mass is 127. The third-order valence-corrected chi connectivity index (χ3v) is 5.52. The molecule has 1 N–H and O–H groups in total. The van der Waals surface area contributed by atoms with Crippen LogP contribution in [0.5, 0.6) is 0 Å². The van der Waals surface area contributed by atoms with E-state index in [9.17, 15) is 5.11 Å². The molecule has 0 saturated heterocycles. The Morgan fingerprint density at radius 2 is 2.14 bits per heavy atom. The minimum Gasteiger partial charge on any atom is -0.396 e. The number of hydrogen-bond acceptors (Lipinski definition) is 1. The van der Waals surface area contributed by atoms with Gasteiger partial charge in [0.1, 0.15) is 0 Å². The van der Waals surface area contributed by atoms with Crippen molar-refractivity contribution in [1.29, 1.82) is 0 Å². The summed E-state index contributed by atoms with van der Waals surface area (Å²) in [5.41, 5.74) is 0.267. The van der Waals surface area contributed by atoms with E-state index in [1.807, 2.05) is 0 Å². The molecule has 1 aliphatic carbocycles. The van der Waals surface area contributed by atoms with Crippen molar-refractivity contribution in [2.75, 3.05) is 6.61 Å². The average molecular weight is 308 g/mol. The number of rotatable bonds is 7. The molecule has 3 atom stereocenters. The van der Waals surface area contributed by atoms with Crippen LogP contribution in [0.25, 0.3) is 0 Å². The van der Waals surface area contributed by atoms with E-state index in [-0.39, 0.29) is 5.41 Å². The normalized spacial score (nSPS) is 35.6. The molecule has 1 nitrogen and oxygen atoms in total. The summed E-state index contributed by atoms with van der Waals surface area (Å²) in [6.07, 6.45) is 8.54. The van der Waals surface area contributed by atoms with Crippen LogP contribution in [-0.2, 0) is 0 Å². The number of unbranched alkanes of at least 4 members (excludes halogenated alkanes) is 3. The number of hydrogen-bond donors (Lipinski definition) is 1. The van der Waals surface area contributed by atoms with Crippen LogP contribution in [-0.4, -0.2) is 15.6 Å². The van der Waals surface area contributed by atoms with E-state index in [0.717, 1.165) is 0 Å². The molecule has 0 spiro atoms. The summed E-state index contributed by atoms with van der Waals surface area (Å²) in [6.45, 7) is 6.49. The van der Waals surface area contributed by atoms with Crippen molar-refractivity contribution in [3.8, 4) is 0 Å². The lowest BCUT2D eigenvalue weighted by atomic mass is 9.95. The van der Waals surface area contributed by atoms with Gasteiger partial charge in [0.2, 0.25) is 0 Å². The molecule has 14 heavy (non-hydrogen) atoms. The first-order chi connectivity index (χ1) is 6.72. The molecule has 0 aromatic rings. The number of halogens is 1. The number of aliphatic hydroxyl groups excluding tert-OH is 1. The second-order valence-electron chi connectivity index (χ2n) is 4.32. The molecule has 1 aliphatic rings. The van der Waals surface area contributed by atoms with E-state index in [0.29, 0.717) is 16.4 Å². The third-order valence-electron chi connectivity index (χ3n) is 3.49. The quantitative estimate of drug-likeness (QED) is 0.330. The van der Waals surface area contributed by atoms with Crippen molar-refractivity contribution < 1.29 is 5.11 Å². The van der Waals surface area contributed by atoms with Crippen LogP contribution in [0.15, 0.2) is 12.7 Å². The highest BCUT2D eigenvalue weighted by molar-refractivity contribution is 14.1. The van der Waals surface area contributed by atoms with Gasteiger partial charge in [-0.25, -0.2) is 0 Å². The van der Waals surface area contributed by atoms with Crippen LogP contribution in [0, 0.1) is 11.3 Å². The van der Waals surface area contributed by atoms with Crippen LogP contribution in [0.4, 0.5) is 0 Å². The van der Waals surface area contributed by atoms with Crippen molar-refractivity contribution in [1.82, 2.24) is 0 Å². The molecule has 2 heteroatoms. The molecule has 0 aromatic heterocycles. The Morgan fingerprint density at radius 1 is 1.43 bits per heavy atom. The third kappa shape index (κ3) is 2.32. The maximum atomic E-state index is 9.19. The van der Waals surface area contributed by atoms with Crippen LogP contribution >= 0.6 is 22.6 Å². The zero-order chi connectivity index (χ0) is 10.6. The van der Waals surface area contributed by atoms with Crippen molar-refractivity contribution in [3.63, 3.8) is 0 Å². The van der Waals surface area contributed by atoms with Crippen LogP contribution in [0.1, 0.15) is 39.0 Å². The smallest absolute Gasteiger partial charge is 0.0478 e. The lowest BCUT2D eigenvalue weighted by molar-refractivity contribution is 0.256. The van der Waals surface area contributed by atoms with Gasteiger partial charge in [0.05, 0.1) is 0 Å². The molecular formula is C12H21IO. The first-order valence-corrected chi connectivity index (χ1v) is 6.86. The largest absolute Gasteiger partial charge is 0.396 e. The molecule has 1 rings (SSSR count). The monoisotopic (exact) mass is 308 g/mol. The maximum Gasteiger partial charge on any atom is 0.0478 e. The molecule has 0 unspecified atom stereocenters. The van der Waals surface area contributed by atoms with Crippen LogP contribution in [0.2, 0.25) is 0 Å². The Hall–Kier alpha value is 0.430. The Kier molecular flexibility index (Phi) is 4.91. The Labute approximate surface area is 101 Å². The molecular weight excluding hydrogens is 287 g/mol. The molecule has 0 heterocycles. The topological polar surface area (TPSA) is 20.2 Å². The van der Waals surface area contributed by atoms with Gasteiger partial charge < -0.3 is 5.11 Å². The Bertz CT molecular complexity index is 193. The first-order valence-electron chi connectivity index (χ1n) is 5.61. The lowest BCUT2D eigenvalue weighted by Crippen LogP contribution is -2.03.